The Morgan fingerprint density at radius 3 is 2.56 bits per heavy atom. The van der Waals surface area contributed by atoms with E-state index in [-0.39, 0.29) is 24.0 Å². The van der Waals surface area contributed by atoms with Gasteiger partial charge in [-0.05, 0) is 69.2 Å². The number of methoxy groups -OCH3 is 1. The van der Waals surface area contributed by atoms with Crippen LogP contribution in [0.25, 0.3) is 6.08 Å². The molecule has 8 nitrogen and oxygen atoms in total. The van der Waals surface area contributed by atoms with Gasteiger partial charge in [0, 0.05) is 0 Å². The zero-order chi connectivity index (χ0) is 26.0. The van der Waals surface area contributed by atoms with Gasteiger partial charge in [0.05, 0.1) is 41.7 Å². The number of nitrogens with zero attached hydrogens (tertiary/aromatic N) is 2. The Kier molecular flexibility index (Phi) is 7.30. The molecule has 0 fully saturated rings. The number of phenolic OH excluding ortho intramolecular Hbond substituents is 1. The number of carbonyl (C=O) groups excluding carboxylic acids is 1. The van der Waals surface area contributed by atoms with Crippen molar-refractivity contribution in [3.05, 3.63) is 84.5 Å². The normalized spacial score (nSPS) is 15.5. The van der Waals surface area contributed by atoms with Gasteiger partial charge >= 0.3 is 5.97 Å². The number of carbonyl (C=O) groups is 1. The van der Waals surface area contributed by atoms with E-state index in [1.807, 2.05) is 38.1 Å². The predicted molar refractivity (Wildman–Crippen MR) is 137 cm³/mol. The molecule has 2 heterocycles. The highest BCUT2D eigenvalue weighted by Crippen LogP contribution is 2.32. The van der Waals surface area contributed by atoms with Crippen molar-refractivity contribution in [2.75, 3.05) is 13.7 Å². The van der Waals surface area contributed by atoms with Crippen molar-refractivity contribution in [3.63, 3.8) is 0 Å². The summed E-state index contributed by atoms with van der Waals surface area (Å²) in [5, 5.41) is 10.1. The maximum absolute atomic E-state index is 13.7. The maximum atomic E-state index is 13.7. The van der Waals surface area contributed by atoms with Crippen LogP contribution in [0.3, 0.4) is 0 Å². The number of allylic oxidation sites excluding steroid dienone is 1. The average molecular weight is 509 g/mol. The first-order valence-electron chi connectivity index (χ1n) is 11.6. The molecular weight excluding hydrogens is 480 g/mol. The fourth-order valence-electron chi connectivity index (χ4n) is 4.06. The number of esters is 1. The fourth-order valence-corrected chi connectivity index (χ4v) is 5.10. The van der Waals surface area contributed by atoms with Gasteiger partial charge in [-0.2, -0.15) is 0 Å². The molecule has 2 aromatic carbocycles. The minimum absolute atomic E-state index is 0.0168. The highest BCUT2D eigenvalue weighted by atomic mass is 32.1. The third kappa shape index (κ3) is 4.92. The van der Waals surface area contributed by atoms with E-state index in [9.17, 15) is 14.7 Å². The summed E-state index contributed by atoms with van der Waals surface area (Å²) < 4.78 is 18.1. The summed E-state index contributed by atoms with van der Waals surface area (Å²) in [6.07, 6.45) is 1.70. The van der Waals surface area contributed by atoms with Gasteiger partial charge in [0.1, 0.15) is 5.75 Å². The molecule has 0 aliphatic carbocycles. The molecular formula is C27H28N2O6S. The van der Waals surface area contributed by atoms with Crippen molar-refractivity contribution in [3.8, 4) is 17.2 Å². The summed E-state index contributed by atoms with van der Waals surface area (Å²) in [6.45, 7) is 7.57. The second-order valence-corrected chi connectivity index (χ2v) is 9.48. The summed E-state index contributed by atoms with van der Waals surface area (Å²) in [4.78, 5) is 31.7. The summed E-state index contributed by atoms with van der Waals surface area (Å²) in [5.74, 6) is 0.494. The third-order valence-corrected chi connectivity index (χ3v) is 6.57. The summed E-state index contributed by atoms with van der Waals surface area (Å²) in [5.41, 5.74) is 1.88. The van der Waals surface area contributed by atoms with Gasteiger partial charge in [-0.25, -0.2) is 9.79 Å². The van der Waals surface area contributed by atoms with Crippen molar-refractivity contribution in [2.24, 2.45) is 4.99 Å². The number of rotatable bonds is 7. The largest absolute Gasteiger partial charge is 0.504 e. The van der Waals surface area contributed by atoms with Crippen LogP contribution in [-0.2, 0) is 9.53 Å². The van der Waals surface area contributed by atoms with Crippen LogP contribution in [0.1, 0.15) is 44.9 Å². The summed E-state index contributed by atoms with van der Waals surface area (Å²) in [7, 11) is 1.47. The lowest BCUT2D eigenvalue weighted by atomic mass is 9.96. The zero-order valence-corrected chi connectivity index (χ0v) is 21.6. The van der Waals surface area contributed by atoms with Crippen molar-refractivity contribution in [1.82, 2.24) is 4.57 Å². The Morgan fingerprint density at radius 2 is 1.94 bits per heavy atom. The molecule has 0 bridgehead atoms. The molecule has 0 saturated heterocycles. The van der Waals surface area contributed by atoms with E-state index >= 15 is 0 Å². The van der Waals surface area contributed by atoms with Crippen LogP contribution in [0.2, 0.25) is 0 Å². The minimum Gasteiger partial charge on any atom is -0.504 e. The highest BCUT2D eigenvalue weighted by Gasteiger charge is 2.33. The molecule has 1 N–H and O–H groups in total. The first kappa shape index (κ1) is 25.2. The van der Waals surface area contributed by atoms with E-state index in [1.54, 1.807) is 32.1 Å². The van der Waals surface area contributed by atoms with Crippen molar-refractivity contribution >= 4 is 23.4 Å². The molecule has 3 aromatic rings. The van der Waals surface area contributed by atoms with Crippen LogP contribution in [-0.4, -0.2) is 35.5 Å². The number of thiazole rings is 1. The van der Waals surface area contributed by atoms with Crippen molar-refractivity contribution in [1.29, 1.82) is 0 Å². The first-order chi connectivity index (χ1) is 17.2. The molecule has 1 unspecified atom stereocenters. The number of hydrogen-bond donors (Lipinski definition) is 1. The molecule has 0 saturated carbocycles. The van der Waals surface area contributed by atoms with Crippen molar-refractivity contribution in [2.45, 2.75) is 39.8 Å². The number of ether oxygens (including phenoxy) is 3. The van der Waals surface area contributed by atoms with E-state index in [2.05, 4.69) is 4.99 Å². The van der Waals surface area contributed by atoms with E-state index in [0.29, 0.717) is 37.7 Å². The van der Waals surface area contributed by atoms with Gasteiger partial charge in [-0.15, -0.1) is 0 Å². The number of benzene rings is 2. The van der Waals surface area contributed by atoms with Gasteiger partial charge in [-0.1, -0.05) is 29.5 Å². The topological polar surface area (TPSA) is 99.4 Å². The van der Waals surface area contributed by atoms with Gasteiger partial charge < -0.3 is 19.3 Å². The SMILES string of the molecule is CCOC(=O)C1=C(C)N=c2sc(=Cc3ccc(OC)c(O)c3)c(=O)n2C1c1ccc(OC(C)C)cc1. The predicted octanol–water partition coefficient (Wildman–Crippen LogP) is 3.30. The van der Waals surface area contributed by atoms with Crippen LogP contribution in [0.15, 0.2) is 63.5 Å². The molecule has 36 heavy (non-hydrogen) atoms. The van der Waals surface area contributed by atoms with E-state index in [4.69, 9.17) is 14.2 Å². The number of fused-ring (bicyclic) bond motifs is 1. The molecule has 0 spiro atoms. The van der Waals surface area contributed by atoms with Gasteiger partial charge in [-0.3, -0.25) is 9.36 Å². The average Bonchev–Trinajstić information content (AvgIpc) is 3.13. The highest BCUT2D eigenvalue weighted by molar-refractivity contribution is 7.07. The molecule has 1 aromatic heterocycles. The Hall–Kier alpha value is -3.85. The van der Waals surface area contributed by atoms with E-state index < -0.39 is 12.0 Å². The molecule has 1 aliphatic heterocycles. The Balaban J connectivity index is 1.88. The molecule has 0 amide bonds. The smallest absolute Gasteiger partial charge is 0.338 e. The molecule has 0 radical (unpaired) electrons. The number of phenols is 1. The van der Waals surface area contributed by atoms with Gasteiger partial charge in [0.2, 0.25) is 0 Å². The second-order valence-electron chi connectivity index (χ2n) is 8.47. The fraction of sp³-hybridized carbons (Fsp3) is 0.296. The number of aromatic hydroxyl groups is 1. The van der Waals surface area contributed by atoms with Crippen LogP contribution in [0, 0.1) is 0 Å². The van der Waals surface area contributed by atoms with E-state index in [1.165, 1.54) is 29.1 Å². The summed E-state index contributed by atoms with van der Waals surface area (Å²) in [6, 6.07) is 11.5. The lowest BCUT2D eigenvalue weighted by Crippen LogP contribution is -2.39. The Labute approximate surface area is 212 Å². The quantitative estimate of drug-likeness (QED) is 0.492. The van der Waals surface area contributed by atoms with Crippen LogP contribution in [0.4, 0.5) is 0 Å². The third-order valence-electron chi connectivity index (χ3n) is 5.59. The molecule has 9 heteroatoms. The van der Waals surface area contributed by atoms with Crippen LogP contribution >= 0.6 is 11.3 Å². The molecule has 1 atom stereocenters. The van der Waals surface area contributed by atoms with Gasteiger partial charge in [0.15, 0.2) is 16.3 Å². The number of hydrogen-bond acceptors (Lipinski definition) is 8. The van der Waals surface area contributed by atoms with Crippen molar-refractivity contribution < 1.29 is 24.1 Å². The molecule has 4 rings (SSSR count). The Bertz CT molecular complexity index is 1500. The zero-order valence-electron chi connectivity index (χ0n) is 20.8. The lowest BCUT2D eigenvalue weighted by molar-refractivity contribution is -0.139. The molecule has 1 aliphatic rings. The minimum atomic E-state index is -0.708. The second kappa shape index (κ2) is 10.4. The number of aromatic nitrogens is 1. The molecule has 188 valence electrons. The van der Waals surface area contributed by atoms with Crippen LogP contribution < -0.4 is 24.4 Å². The first-order valence-corrected chi connectivity index (χ1v) is 12.4. The van der Waals surface area contributed by atoms with Gasteiger partial charge in [0.25, 0.3) is 5.56 Å². The Morgan fingerprint density at radius 1 is 1.22 bits per heavy atom. The monoisotopic (exact) mass is 508 g/mol. The maximum Gasteiger partial charge on any atom is 0.338 e. The lowest BCUT2D eigenvalue weighted by Gasteiger charge is -2.25. The standard InChI is InChI=1S/C27H28N2O6S/c1-6-34-26(32)23-16(4)28-27-29(24(23)18-8-10-19(11-9-18)35-15(2)3)25(31)22(36-27)14-17-7-12-21(33-5)20(30)13-17/h7-15,24,30H,6H2,1-5H3. The van der Waals surface area contributed by atoms with Crippen LogP contribution in [0.5, 0.6) is 17.2 Å². The summed E-state index contributed by atoms with van der Waals surface area (Å²) >= 11 is 1.22. The van der Waals surface area contributed by atoms with E-state index in [0.717, 1.165) is 5.56 Å².